The number of fused-ring (bicyclic) bond motifs is 1. The predicted octanol–water partition coefficient (Wildman–Crippen LogP) is 2.45. The number of aromatic nitrogens is 3. The summed E-state index contributed by atoms with van der Waals surface area (Å²) in [5.74, 6) is 1.11. The highest BCUT2D eigenvalue weighted by Gasteiger charge is 2.21. The number of anilines is 1. The van der Waals surface area contributed by atoms with Crippen molar-refractivity contribution in [3.63, 3.8) is 0 Å². The Morgan fingerprint density at radius 3 is 2.63 bits per heavy atom. The van der Waals surface area contributed by atoms with Crippen LogP contribution in [-0.4, -0.2) is 76.8 Å². The fourth-order valence-electron chi connectivity index (χ4n) is 3.76. The summed E-state index contributed by atoms with van der Waals surface area (Å²) < 4.78 is 7.17. The molecule has 1 saturated heterocycles. The molecule has 27 heavy (non-hydrogen) atoms. The van der Waals surface area contributed by atoms with Crippen molar-refractivity contribution in [2.45, 2.75) is 13.8 Å². The molecule has 0 saturated carbocycles. The van der Waals surface area contributed by atoms with Gasteiger partial charge in [0, 0.05) is 56.6 Å². The van der Waals surface area contributed by atoms with Crippen LogP contribution in [0.2, 0.25) is 0 Å². The standard InChI is InChI=1S/C20H28N6O/c1-3-23(4-2)8-9-24-10-12-25(13-11-24)19-5-7-21-20-18(15-22-26(19)20)17-6-14-27-16-17/h5-7,14-16H,3-4,8-13H2,1-2H3. The second kappa shape index (κ2) is 8.10. The maximum Gasteiger partial charge on any atom is 0.165 e. The molecule has 0 amide bonds. The first-order valence-corrected chi connectivity index (χ1v) is 9.85. The lowest BCUT2D eigenvalue weighted by atomic mass is 10.2. The molecule has 7 heteroatoms. The van der Waals surface area contributed by atoms with Crippen LogP contribution in [0.4, 0.5) is 5.82 Å². The number of nitrogens with zero attached hydrogens (tertiary/aromatic N) is 6. The molecule has 1 aliphatic heterocycles. The first-order chi connectivity index (χ1) is 13.3. The van der Waals surface area contributed by atoms with E-state index in [1.165, 1.54) is 0 Å². The third-order valence-electron chi connectivity index (χ3n) is 5.54. The van der Waals surface area contributed by atoms with Gasteiger partial charge in [-0.1, -0.05) is 13.8 Å². The third-order valence-corrected chi connectivity index (χ3v) is 5.54. The predicted molar refractivity (Wildman–Crippen MR) is 107 cm³/mol. The van der Waals surface area contributed by atoms with Crippen molar-refractivity contribution in [3.05, 3.63) is 37.1 Å². The van der Waals surface area contributed by atoms with E-state index in [4.69, 9.17) is 4.42 Å². The van der Waals surface area contributed by atoms with Gasteiger partial charge in [0.25, 0.3) is 0 Å². The van der Waals surface area contributed by atoms with E-state index in [2.05, 4.69) is 44.7 Å². The minimum Gasteiger partial charge on any atom is -0.472 e. The molecule has 0 unspecified atom stereocenters. The molecule has 0 aliphatic carbocycles. The van der Waals surface area contributed by atoms with E-state index < -0.39 is 0 Å². The summed E-state index contributed by atoms with van der Waals surface area (Å²) in [4.78, 5) is 12.0. The molecule has 1 aliphatic rings. The van der Waals surface area contributed by atoms with Crippen LogP contribution in [0.3, 0.4) is 0 Å². The van der Waals surface area contributed by atoms with Crippen LogP contribution >= 0.6 is 0 Å². The fourth-order valence-corrected chi connectivity index (χ4v) is 3.76. The molecule has 0 atom stereocenters. The summed E-state index contributed by atoms with van der Waals surface area (Å²) in [6, 6.07) is 4.00. The fraction of sp³-hybridized carbons (Fsp3) is 0.500. The van der Waals surface area contributed by atoms with Crippen molar-refractivity contribution in [2.75, 3.05) is 57.3 Å². The molecule has 0 spiro atoms. The molecule has 1 fully saturated rings. The molecule has 0 aromatic carbocycles. The van der Waals surface area contributed by atoms with E-state index in [0.717, 1.165) is 74.9 Å². The molecular weight excluding hydrogens is 340 g/mol. The zero-order valence-corrected chi connectivity index (χ0v) is 16.2. The van der Waals surface area contributed by atoms with E-state index in [-0.39, 0.29) is 0 Å². The van der Waals surface area contributed by atoms with E-state index in [1.54, 1.807) is 12.5 Å². The van der Waals surface area contributed by atoms with Crippen LogP contribution in [0, 0.1) is 0 Å². The second-order valence-corrected chi connectivity index (χ2v) is 6.96. The van der Waals surface area contributed by atoms with Gasteiger partial charge in [-0.15, -0.1) is 0 Å². The number of furan rings is 1. The first-order valence-electron chi connectivity index (χ1n) is 9.85. The SMILES string of the molecule is CCN(CC)CCN1CCN(c2ccnc3c(-c4ccoc4)cnn23)CC1. The zero-order valence-electron chi connectivity index (χ0n) is 16.2. The highest BCUT2D eigenvalue weighted by molar-refractivity contribution is 5.77. The molecule has 3 aromatic rings. The summed E-state index contributed by atoms with van der Waals surface area (Å²) >= 11 is 0. The van der Waals surface area contributed by atoms with Crippen molar-refractivity contribution in [1.29, 1.82) is 0 Å². The maximum absolute atomic E-state index is 5.22. The largest absolute Gasteiger partial charge is 0.472 e. The molecule has 0 N–H and O–H groups in total. The van der Waals surface area contributed by atoms with E-state index >= 15 is 0 Å². The Hall–Kier alpha value is -2.38. The highest BCUT2D eigenvalue weighted by atomic mass is 16.3. The summed E-state index contributed by atoms with van der Waals surface area (Å²) in [6.45, 7) is 13.2. The van der Waals surface area contributed by atoms with Crippen LogP contribution in [-0.2, 0) is 0 Å². The van der Waals surface area contributed by atoms with E-state index in [1.807, 2.05) is 23.0 Å². The molecule has 0 radical (unpaired) electrons. The normalized spacial score (nSPS) is 15.9. The van der Waals surface area contributed by atoms with Crippen molar-refractivity contribution in [3.8, 4) is 11.1 Å². The van der Waals surface area contributed by atoms with Gasteiger partial charge < -0.3 is 14.2 Å². The Morgan fingerprint density at radius 2 is 1.93 bits per heavy atom. The summed E-state index contributed by atoms with van der Waals surface area (Å²) in [7, 11) is 0. The quantitative estimate of drug-likeness (QED) is 0.639. The van der Waals surface area contributed by atoms with Crippen molar-refractivity contribution in [2.24, 2.45) is 0 Å². The average Bonchev–Trinajstić information content (AvgIpc) is 3.38. The summed E-state index contributed by atoms with van der Waals surface area (Å²) in [5.41, 5.74) is 2.89. The van der Waals surface area contributed by atoms with Gasteiger partial charge in [-0.25, -0.2) is 4.98 Å². The minimum atomic E-state index is 0.873. The number of likely N-dealkylation sites (N-methyl/N-ethyl adjacent to an activating group) is 1. The van der Waals surface area contributed by atoms with Crippen LogP contribution in [0.5, 0.6) is 0 Å². The Morgan fingerprint density at radius 1 is 1.11 bits per heavy atom. The molecule has 0 bridgehead atoms. The minimum absolute atomic E-state index is 0.873. The van der Waals surface area contributed by atoms with Gasteiger partial charge in [0.05, 0.1) is 18.7 Å². The van der Waals surface area contributed by atoms with Gasteiger partial charge in [0.15, 0.2) is 5.65 Å². The molecule has 4 rings (SSSR count). The van der Waals surface area contributed by atoms with Gasteiger partial charge in [-0.2, -0.15) is 9.61 Å². The maximum atomic E-state index is 5.22. The summed E-state index contributed by atoms with van der Waals surface area (Å²) in [6.07, 6.45) is 7.17. The Balaban J connectivity index is 1.45. The third kappa shape index (κ3) is 3.70. The highest BCUT2D eigenvalue weighted by Crippen LogP contribution is 2.26. The summed E-state index contributed by atoms with van der Waals surface area (Å²) in [5, 5.41) is 4.60. The molecule has 144 valence electrons. The smallest absolute Gasteiger partial charge is 0.165 e. The van der Waals surface area contributed by atoms with Gasteiger partial charge in [0.1, 0.15) is 5.82 Å². The first kappa shape index (κ1) is 18.0. The molecular formula is C20H28N6O. The Kier molecular flexibility index (Phi) is 5.40. The second-order valence-electron chi connectivity index (χ2n) is 6.96. The topological polar surface area (TPSA) is 53.0 Å². The number of hydrogen-bond donors (Lipinski definition) is 0. The monoisotopic (exact) mass is 368 g/mol. The van der Waals surface area contributed by atoms with Crippen LogP contribution < -0.4 is 4.90 Å². The average molecular weight is 368 g/mol. The van der Waals surface area contributed by atoms with Crippen LogP contribution in [0.25, 0.3) is 16.8 Å². The Bertz CT molecular complexity index is 847. The van der Waals surface area contributed by atoms with Crippen LogP contribution in [0.15, 0.2) is 41.5 Å². The van der Waals surface area contributed by atoms with Crippen LogP contribution in [0.1, 0.15) is 13.8 Å². The van der Waals surface area contributed by atoms with Crippen molar-refractivity contribution < 1.29 is 4.42 Å². The van der Waals surface area contributed by atoms with E-state index in [9.17, 15) is 0 Å². The molecule has 7 nitrogen and oxygen atoms in total. The van der Waals surface area contributed by atoms with Gasteiger partial charge in [0.2, 0.25) is 0 Å². The Labute approximate surface area is 160 Å². The lowest BCUT2D eigenvalue weighted by Crippen LogP contribution is -2.49. The van der Waals surface area contributed by atoms with Gasteiger partial charge in [-0.05, 0) is 25.2 Å². The number of rotatable bonds is 7. The lowest BCUT2D eigenvalue weighted by molar-refractivity contribution is 0.205. The van der Waals surface area contributed by atoms with Crippen molar-refractivity contribution >= 4 is 11.5 Å². The van der Waals surface area contributed by atoms with Gasteiger partial charge in [-0.3, -0.25) is 4.90 Å². The molecule has 4 heterocycles. The zero-order chi connectivity index (χ0) is 18.6. The lowest BCUT2D eigenvalue weighted by Gasteiger charge is -2.36. The van der Waals surface area contributed by atoms with Gasteiger partial charge >= 0.3 is 0 Å². The number of hydrogen-bond acceptors (Lipinski definition) is 6. The van der Waals surface area contributed by atoms with Crippen molar-refractivity contribution in [1.82, 2.24) is 24.4 Å². The van der Waals surface area contributed by atoms with E-state index in [0.29, 0.717) is 0 Å². The number of piperazine rings is 1. The molecule has 3 aromatic heterocycles.